The summed E-state index contributed by atoms with van der Waals surface area (Å²) in [7, 11) is 1.64. The Balaban J connectivity index is 1.93. The first-order chi connectivity index (χ1) is 13.1. The van der Waals surface area contributed by atoms with E-state index in [1.165, 1.54) is 5.56 Å². The van der Waals surface area contributed by atoms with E-state index in [-0.39, 0.29) is 0 Å². The number of aromatic nitrogens is 2. The van der Waals surface area contributed by atoms with Gasteiger partial charge in [0, 0.05) is 30.7 Å². The highest BCUT2D eigenvalue weighted by Crippen LogP contribution is 2.42. The van der Waals surface area contributed by atoms with Crippen LogP contribution in [0.3, 0.4) is 0 Å². The van der Waals surface area contributed by atoms with E-state index >= 15 is 0 Å². The van der Waals surface area contributed by atoms with Crippen molar-refractivity contribution in [3.8, 4) is 16.3 Å². The van der Waals surface area contributed by atoms with Crippen LogP contribution in [-0.2, 0) is 4.74 Å². The monoisotopic (exact) mass is 383 g/mol. The number of methoxy groups -OCH3 is 1. The molecule has 1 aromatic carbocycles. The number of hydrogen-bond donors (Lipinski definition) is 1. The predicted octanol–water partition coefficient (Wildman–Crippen LogP) is 3.67. The van der Waals surface area contributed by atoms with Crippen LogP contribution in [0.15, 0.2) is 24.4 Å². The molecule has 0 radical (unpaired) electrons. The second kappa shape index (κ2) is 7.25. The fraction of sp³-hybridized carbons (Fsp3) is 0.350. The Labute approximate surface area is 161 Å². The minimum atomic E-state index is -0.480. The number of primary amides is 1. The van der Waals surface area contributed by atoms with Crippen LogP contribution in [0.1, 0.15) is 40.4 Å². The van der Waals surface area contributed by atoms with Crippen LogP contribution >= 0.6 is 11.3 Å². The summed E-state index contributed by atoms with van der Waals surface area (Å²) in [5.41, 5.74) is 9.54. The molecule has 7 heteroatoms. The first-order valence-electron chi connectivity index (χ1n) is 8.91. The second-order valence-corrected chi connectivity index (χ2v) is 7.62. The van der Waals surface area contributed by atoms with Crippen molar-refractivity contribution in [3.05, 3.63) is 41.2 Å². The first kappa shape index (κ1) is 17.9. The van der Waals surface area contributed by atoms with Gasteiger partial charge in [-0.15, -0.1) is 11.3 Å². The molecule has 1 saturated heterocycles. The van der Waals surface area contributed by atoms with Gasteiger partial charge in [0.15, 0.2) is 0 Å². The molecule has 1 amide bonds. The number of rotatable bonds is 4. The fourth-order valence-electron chi connectivity index (χ4n) is 3.65. The van der Waals surface area contributed by atoms with E-state index in [0.717, 1.165) is 52.7 Å². The van der Waals surface area contributed by atoms with Crippen molar-refractivity contribution < 1.29 is 14.3 Å². The summed E-state index contributed by atoms with van der Waals surface area (Å²) in [6.45, 7) is 3.42. The van der Waals surface area contributed by atoms with Gasteiger partial charge in [0.1, 0.15) is 16.3 Å². The minimum absolute atomic E-state index is 0.436. The van der Waals surface area contributed by atoms with Gasteiger partial charge in [0.25, 0.3) is 0 Å². The van der Waals surface area contributed by atoms with Crippen LogP contribution in [0.25, 0.3) is 20.8 Å². The smallest absolute Gasteiger partial charge is 0.249 e. The van der Waals surface area contributed by atoms with E-state index in [2.05, 4.69) is 11.1 Å². The van der Waals surface area contributed by atoms with Crippen LogP contribution in [0.5, 0.6) is 5.75 Å². The van der Waals surface area contributed by atoms with E-state index in [1.807, 2.05) is 13.0 Å². The molecule has 1 aliphatic heterocycles. The molecule has 3 aromatic rings. The van der Waals surface area contributed by atoms with Crippen LogP contribution in [0.4, 0.5) is 0 Å². The maximum atomic E-state index is 11.9. The zero-order valence-corrected chi connectivity index (χ0v) is 16.1. The van der Waals surface area contributed by atoms with Crippen molar-refractivity contribution in [1.29, 1.82) is 0 Å². The van der Waals surface area contributed by atoms with Gasteiger partial charge in [0.2, 0.25) is 5.91 Å². The molecule has 0 aliphatic carbocycles. The van der Waals surface area contributed by atoms with Crippen molar-refractivity contribution in [2.24, 2.45) is 5.73 Å². The number of hydrogen-bond acceptors (Lipinski definition) is 6. The number of nitrogens with two attached hydrogens (primary N) is 1. The van der Waals surface area contributed by atoms with E-state index in [0.29, 0.717) is 17.0 Å². The van der Waals surface area contributed by atoms with Gasteiger partial charge in [-0.2, -0.15) is 0 Å². The van der Waals surface area contributed by atoms with Crippen LogP contribution in [0.2, 0.25) is 0 Å². The molecule has 4 rings (SSSR count). The van der Waals surface area contributed by atoms with E-state index in [1.54, 1.807) is 30.7 Å². The summed E-state index contributed by atoms with van der Waals surface area (Å²) in [6.07, 6.45) is 3.58. The third-order valence-electron chi connectivity index (χ3n) is 5.04. The Hall–Kier alpha value is -2.51. The second-order valence-electron chi connectivity index (χ2n) is 6.62. The first-order valence-corrected chi connectivity index (χ1v) is 9.72. The molecule has 0 spiro atoms. The number of fused-ring (bicyclic) bond motifs is 1. The molecular formula is C20H21N3O3S. The molecule has 1 fully saturated rings. The van der Waals surface area contributed by atoms with Gasteiger partial charge in [-0.25, -0.2) is 4.98 Å². The third kappa shape index (κ3) is 3.17. The highest BCUT2D eigenvalue weighted by Gasteiger charge is 2.24. The molecule has 6 nitrogen and oxygen atoms in total. The van der Waals surface area contributed by atoms with Crippen molar-refractivity contribution in [2.45, 2.75) is 25.7 Å². The molecular weight excluding hydrogens is 362 g/mol. The Morgan fingerprint density at radius 2 is 2.07 bits per heavy atom. The van der Waals surface area contributed by atoms with Gasteiger partial charge in [-0.05, 0) is 43.4 Å². The number of aryl methyl sites for hydroxylation is 1. The van der Waals surface area contributed by atoms with Crippen molar-refractivity contribution >= 4 is 27.5 Å². The summed E-state index contributed by atoms with van der Waals surface area (Å²) in [5.74, 6) is 0.683. The highest BCUT2D eigenvalue weighted by molar-refractivity contribution is 7.22. The number of nitrogens with zero attached hydrogens (tertiary/aromatic N) is 2. The van der Waals surface area contributed by atoms with Crippen LogP contribution in [-0.4, -0.2) is 36.2 Å². The third-order valence-corrected chi connectivity index (χ3v) is 6.16. The topological polar surface area (TPSA) is 87.3 Å². The van der Waals surface area contributed by atoms with Gasteiger partial charge >= 0.3 is 0 Å². The number of carbonyl (C=O) groups excluding carboxylic acids is 1. The van der Waals surface area contributed by atoms with E-state index in [9.17, 15) is 4.79 Å². The number of ether oxygens (including phenoxy) is 2. The summed E-state index contributed by atoms with van der Waals surface area (Å²) in [4.78, 5) is 21.1. The lowest BCUT2D eigenvalue weighted by molar-refractivity contribution is 0.0856. The number of amides is 1. The Kier molecular flexibility index (Phi) is 4.80. The average molecular weight is 383 g/mol. The molecule has 0 saturated carbocycles. The maximum absolute atomic E-state index is 11.9. The summed E-state index contributed by atoms with van der Waals surface area (Å²) in [5, 5.41) is 0.738. The predicted molar refractivity (Wildman–Crippen MR) is 105 cm³/mol. The van der Waals surface area contributed by atoms with E-state index < -0.39 is 5.91 Å². The lowest BCUT2D eigenvalue weighted by Gasteiger charge is -2.23. The molecule has 0 bridgehead atoms. The minimum Gasteiger partial charge on any atom is -0.494 e. The molecule has 0 unspecified atom stereocenters. The van der Waals surface area contributed by atoms with Gasteiger partial charge in [-0.1, -0.05) is 6.07 Å². The molecule has 2 aromatic heterocycles. The molecule has 27 heavy (non-hydrogen) atoms. The molecule has 1 aliphatic rings. The molecule has 0 atom stereocenters. The quantitative estimate of drug-likeness (QED) is 0.743. The van der Waals surface area contributed by atoms with Crippen molar-refractivity contribution in [1.82, 2.24) is 9.97 Å². The SMILES string of the molecule is COc1ccc(C2CCOCC2)c2sc(-c3c(C(N)=O)ccnc3C)nc12. The highest BCUT2D eigenvalue weighted by atomic mass is 32.1. The largest absolute Gasteiger partial charge is 0.494 e. The number of carbonyl (C=O) groups is 1. The number of thiazole rings is 1. The Morgan fingerprint density at radius 3 is 2.78 bits per heavy atom. The summed E-state index contributed by atoms with van der Waals surface area (Å²) >= 11 is 1.57. The average Bonchev–Trinajstić information content (AvgIpc) is 3.12. The Bertz CT molecular complexity index is 1010. The van der Waals surface area contributed by atoms with Crippen molar-refractivity contribution in [3.63, 3.8) is 0 Å². The maximum Gasteiger partial charge on any atom is 0.249 e. The van der Waals surface area contributed by atoms with E-state index in [4.69, 9.17) is 20.2 Å². The van der Waals surface area contributed by atoms with Crippen LogP contribution in [0, 0.1) is 6.92 Å². The molecule has 2 N–H and O–H groups in total. The number of benzene rings is 1. The van der Waals surface area contributed by atoms with Gasteiger partial charge in [0.05, 0.1) is 17.4 Å². The standard InChI is InChI=1S/C20H21N3O3S/c1-11-16(14(19(21)24)5-8-22-11)20-23-17-15(25-2)4-3-13(18(17)27-20)12-6-9-26-10-7-12/h3-5,8,12H,6-7,9-10H2,1-2H3,(H2,21,24). The number of pyridine rings is 1. The zero-order chi connectivity index (χ0) is 19.0. The summed E-state index contributed by atoms with van der Waals surface area (Å²) in [6, 6.07) is 5.75. The Morgan fingerprint density at radius 1 is 1.30 bits per heavy atom. The summed E-state index contributed by atoms with van der Waals surface area (Å²) < 4.78 is 12.1. The van der Waals surface area contributed by atoms with Gasteiger partial charge in [-0.3, -0.25) is 9.78 Å². The normalized spacial score (nSPS) is 15.2. The zero-order valence-electron chi connectivity index (χ0n) is 15.3. The lowest BCUT2D eigenvalue weighted by Crippen LogP contribution is -2.14. The fourth-order valence-corrected chi connectivity index (χ4v) is 4.93. The molecule has 3 heterocycles. The molecule has 140 valence electrons. The van der Waals surface area contributed by atoms with Crippen molar-refractivity contribution in [2.75, 3.05) is 20.3 Å². The lowest BCUT2D eigenvalue weighted by atomic mass is 9.91. The van der Waals surface area contributed by atoms with Crippen LogP contribution < -0.4 is 10.5 Å². The van der Waals surface area contributed by atoms with Gasteiger partial charge < -0.3 is 15.2 Å².